The van der Waals surface area contributed by atoms with E-state index < -0.39 is 0 Å². The van der Waals surface area contributed by atoms with Crippen LogP contribution in [0.5, 0.6) is 0 Å². The van der Waals surface area contributed by atoms with Crippen LogP contribution in [0.1, 0.15) is 20.3 Å². The molecule has 1 rings (SSSR count). The van der Waals surface area contributed by atoms with Crippen LogP contribution in [0.25, 0.3) is 0 Å². The van der Waals surface area contributed by atoms with Gasteiger partial charge in [-0.2, -0.15) is 0 Å². The Morgan fingerprint density at radius 3 is 2.75 bits per heavy atom. The monoisotopic (exact) mass is 300 g/mol. The molecule has 0 saturated carbocycles. The van der Waals surface area contributed by atoms with Crippen molar-refractivity contribution >= 4 is 33.5 Å². The summed E-state index contributed by atoms with van der Waals surface area (Å²) in [7, 11) is 0. The van der Waals surface area contributed by atoms with Crippen molar-refractivity contribution in [1.82, 2.24) is 0 Å². The van der Waals surface area contributed by atoms with E-state index in [-0.39, 0.29) is 11.3 Å². The van der Waals surface area contributed by atoms with Gasteiger partial charge < -0.3 is 5.73 Å². The zero-order valence-electron chi connectivity index (χ0n) is 9.59. The maximum Gasteiger partial charge on any atom is 0.0963 e. The highest BCUT2D eigenvalue weighted by Gasteiger charge is 2.20. The lowest BCUT2D eigenvalue weighted by atomic mass is 9.89. The Labute approximate surface area is 110 Å². The second-order valence-electron chi connectivity index (χ2n) is 4.35. The Hall–Kier alpha value is -0.480. The third kappa shape index (κ3) is 4.18. The van der Waals surface area contributed by atoms with Gasteiger partial charge in [0.2, 0.25) is 0 Å². The minimum atomic E-state index is -0.195. The molecule has 1 aromatic rings. The van der Waals surface area contributed by atoms with Crippen LogP contribution in [0, 0.1) is 10.8 Å². The van der Waals surface area contributed by atoms with Gasteiger partial charge in [0.1, 0.15) is 0 Å². The molecule has 0 aliphatic carbocycles. The topological polar surface area (TPSA) is 49.9 Å². The number of thioether (sulfide) groups is 1. The molecule has 0 saturated heterocycles. The molecule has 2 nitrogen and oxygen atoms in total. The van der Waals surface area contributed by atoms with Crippen LogP contribution in [0.3, 0.4) is 0 Å². The molecule has 3 N–H and O–H groups in total. The van der Waals surface area contributed by atoms with Crippen molar-refractivity contribution in [3.05, 3.63) is 28.7 Å². The summed E-state index contributed by atoms with van der Waals surface area (Å²) >= 11 is 5.25. The molecule has 0 heterocycles. The smallest absolute Gasteiger partial charge is 0.0963 e. The normalized spacial score (nSPS) is 11.4. The van der Waals surface area contributed by atoms with E-state index in [1.807, 2.05) is 26.0 Å². The first-order valence-corrected chi connectivity index (χ1v) is 6.92. The lowest BCUT2D eigenvalue weighted by Gasteiger charge is -2.22. The molecule has 0 spiro atoms. The lowest BCUT2D eigenvalue weighted by Crippen LogP contribution is -2.31. The van der Waals surface area contributed by atoms with E-state index >= 15 is 0 Å². The molecule has 0 unspecified atom stereocenters. The summed E-state index contributed by atoms with van der Waals surface area (Å²) in [5, 5.41) is 7.48. The predicted octanol–water partition coefficient (Wildman–Crippen LogP) is 3.89. The molecule has 4 heteroatoms. The Bertz CT molecular complexity index is 377. The average molecular weight is 301 g/mol. The van der Waals surface area contributed by atoms with E-state index in [0.29, 0.717) is 0 Å². The first-order chi connectivity index (χ1) is 7.42. The van der Waals surface area contributed by atoms with Crippen molar-refractivity contribution in [2.45, 2.75) is 25.2 Å². The number of benzene rings is 1. The maximum absolute atomic E-state index is 7.48. The van der Waals surface area contributed by atoms with Crippen molar-refractivity contribution in [1.29, 1.82) is 5.41 Å². The fourth-order valence-electron chi connectivity index (χ4n) is 1.12. The molecular weight excluding hydrogens is 284 g/mol. The van der Waals surface area contributed by atoms with E-state index in [2.05, 4.69) is 28.1 Å². The number of halogens is 1. The van der Waals surface area contributed by atoms with Crippen molar-refractivity contribution in [3.8, 4) is 0 Å². The SMILES string of the molecule is CC(C)(CCSc1cccc(Br)c1)C(=N)N. The molecule has 88 valence electrons. The van der Waals surface area contributed by atoms with Crippen molar-refractivity contribution in [2.24, 2.45) is 11.1 Å². The third-order valence-electron chi connectivity index (χ3n) is 2.52. The van der Waals surface area contributed by atoms with Crippen LogP contribution in [-0.2, 0) is 0 Å². The van der Waals surface area contributed by atoms with E-state index in [1.165, 1.54) is 4.90 Å². The zero-order valence-corrected chi connectivity index (χ0v) is 12.0. The van der Waals surface area contributed by atoms with Gasteiger partial charge in [0, 0.05) is 14.8 Å². The van der Waals surface area contributed by atoms with Crippen LogP contribution in [0.2, 0.25) is 0 Å². The van der Waals surface area contributed by atoms with Gasteiger partial charge in [-0.15, -0.1) is 11.8 Å². The molecule has 0 radical (unpaired) electrons. The molecule has 0 fully saturated rings. The van der Waals surface area contributed by atoms with Crippen molar-refractivity contribution < 1.29 is 0 Å². The quantitative estimate of drug-likeness (QED) is 0.492. The van der Waals surface area contributed by atoms with E-state index in [0.717, 1.165) is 16.6 Å². The highest BCUT2D eigenvalue weighted by atomic mass is 79.9. The standard InChI is InChI=1S/C12H17BrN2S/c1-12(2,11(14)15)6-7-16-10-5-3-4-9(13)8-10/h3-5,8H,6-7H2,1-2H3,(H3,14,15). The Balaban J connectivity index is 2.45. The van der Waals surface area contributed by atoms with Gasteiger partial charge >= 0.3 is 0 Å². The van der Waals surface area contributed by atoms with E-state index in [9.17, 15) is 0 Å². The summed E-state index contributed by atoms with van der Waals surface area (Å²) in [4.78, 5) is 1.24. The molecule has 0 atom stereocenters. The molecular formula is C12H17BrN2S. The molecule has 0 aromatic heterocycles. The summed E-state index contributed by atoms with van der Waals surface area (Å²) in [6, 6.07) is 8.24. The highest BCUT2D eigenvalue weighted by molar-refractivity contribution is 9.10. The summed E-state index contributed by atoms with van der Waals surface area (Å²) in [5.74, 6) is 1.24. The van der Waals surface area contributed by atoms with Gasteiger partial charge in [-0.3, -0.25) is 5.41 Å². The van der Waals surface area contributed by atoms with Crippen molar-refractivity contribution in [3.63, 3.8) is 0 Å². The molecule has 1 aromatic carbocycles. The van der Waals surface area contributed by atoms with E-state index in [1.54, 1.807) is 11.8 Å². The Morgan fingerprint density at radius 2 is 2.19 bits per heavy atom. The van der Waals surface area contributed by atoms with Crippen LogP contribution >= 0.6 is 27.7 Å². The minimum absolute atomic E-state index is 0.195. The maximum atomic E-state index is 7.48. The van der Waals surface area contributed by atoms with Gasteiger partial charge in [0.05, 0.1) is 5.84 Å². The van der Waals surface area contributed by atoms with Gasteiger partial charge in [-0.25, -0.2) is 0 Å². The summed E-state index contributed by atoms with van der Waals surface area (Å²) in [5.41, 5.74) is 5.34. The number of rotatable bonds is 5. The molecule has 0 aliphatic heterocycles. The van der Waals surface area contributed by atoms with Gasteiger partial charge in [0.15, 0.2) is 0 Å². The molecule has 16 heavy (non-hydrogen) atoms. The zero-order chi connectivity index (χ0) is 12.2. The first kappa shape index (κ1) is 13.6. The van der Waals surface area contributed by atoms with Gasteiger partial charge in [0.25, 0.3) is 0 Å². The van der Waals surface area contributed by atoms with Crippen LogP contribution in [0.4, 0.5) is 0 Å². The third-order valence-corrected chi connectivity index (χ3v) is 4.01. The largest absolute Gasteiger partial charge is 0.387 e. The van der Waals surface area contributed by atoms with Gasteiger partial charge in [-0.1, -0.05) is 35.8 Å². The Morgan fingerprint density at radius 1 is 1.50 bits per heavy atom. The van der Waals surface area contributed by atoms with Gasteiger partial charge in [-0.05, 0) is 30.4 Å². The molecule has 0 aliphatic rings. The number of hydrogen-bond acceptors (Lipinski definition) is 2. The number of hydrogen-bond donors (Lipinski definition) is 2. The number of nitrogens with two attached hydrogens (primary N) is 1. The Kier molecular flexibility index (Phi) is 4.87. The van der Waals surface area contributed by atoms with Crippen LogP contribution < -0.4 is 5.73 Å². The molecule has 0 amide bonds. The van der Waals surface area contributed by atoms with Crippen LogP contribution in [-0.4, -0.2) is 11.6 Å². The fourth-order valence-corrected chi connectivity index (χ4v) is 2.90. The first-order valence-electron chi connectivity index (χ1n) is 5.15. The number of nitrogens with one attached hydrogen (secondary N) is 1. The summed E-state index contributed by atoms with van der Waals surface area (Å²) in [6.45, 7) is 4.02. The summed E-state index contributed by atoms with van der Waals surface area (Å²) < 4.78 is 1.10. The molecule has 0 bridgehead atoms. The van der Waals surface area contributed by atoms with E-state index in [4.69, 9.17) is 11.1 Å². The summed E-state index contributed by atoms with van der Waals surface area (Å²) in [6.07, 6.45) is 0.916. The fraction of sp³-hybridized carbons (Fsp3) is 0.417. The van der Waals surface area contributed by atoms with Crippen LogP contribution in [0.15, 0.2) is 33.6 Å². The second kappa shape index (κ2) is 5.73. The predicted molar refractivity (Wildman–Crippen MR) is 75.2 cm³/mol. The average Bonchev–Trinajstić information content (AvgIpc) is 2.17. The second-order valence-corrected chi connectivity index (χ2v) is 6.44. The lowest BCUT2D eigenvalue weighted by molar-refractivity contribution is 0.500. The van der Waals surface area contributed by atoms with Crippen molar-refractivity contribution in [2.75, 3.05) is 5.75 Å². The highest BCUT2D eigenvalue weighted by Crippen LogP contribution is 2.27. The number of amidine groups is 1. The minimum Gasteiger partial charge on any atom is -0.387 e.